The van der Waals surface area contributed by atoms with Crippen molar-refractivity contribution in [3.05, 3.63) is 90.0 Å². The van der Waals surface area contributed by atoms with Gasteiger partial charge in [-0.15, -0.1) is 0 Å². The van der Waals surface area contributed by atoms with E-state index in [0.717, 1.165) is 22.7 Å². The van der Waals surface area contributed by atoms with E-state index in [-0.39, 0.29) is 0 Å². The number of benzene rings is 3. The zero-order valence-electron chi connectivity index (χ0n) is 14.3. The molecule has 0 aliphatic rings. The molecular weight excluding hydrogens is 342 g/mol. The molecule has 0 saturated heterocycles. The van der Waals surface area contributed by atoms with E-state index in [9.17, 15) is 0 Å². The molecule has 26 heavy (non-hydrogen) atoms. The van der Waals surface area contributed by atoms with Crippen LogP contribution in [-0.4, -0.2) is 11.3 Å². The maximum absolute atomic E-state index is 5.81. The number of ether oxygens (including phenoxy) is 1. The molecule has 3 aromatic carbocycles. The standard InChI is InChI=1S/C21H19N3OS/c1-16-10-12-18(13-11-16)23-21(26)24-22-15-17-6-5-9-20(14-17)25-19-7-3-2-4-8-19/h2-15H,1H3,(H2,23,24,26). The summed E-state index contributed by atoms with van der Waals surface area (Å²) >= 11 is 5.24. The highest BCUT2D eigenvalue weighted by atomic mass is 32.1. The first-order chi connectivity index (χ1) is 12.7. The average molecular weight is 361 g/mol. The largest absolute Gasteiger partial charge is 0.457 e. The first-order valence-electron chi connectivity index (χ1n) is 8.19. The lowest BCUT2D eigenvalue weighted by Gasteiger charge is -2.07. The summed E-state index contributed by atoms with van der Waals surface area (Å²) < 4.78 is 5.81. The lowest BCUT2D eigenvalue weighted by atomic mass is 10.2. The van der Waals surface area contributed by atoms with Gasteiger partial charge in [0.05, 0.1) is 6.21 Å². The summed E-state index contributed by atoms with van der Waals surface area (Å²) in [5.74, 6) is 1.55. The second-order valence-electron chi connectivity index (χ2n) is 5.68. The quantitative estimate of drug-likeness (QED) is 0.377. The van der Waals surface area contributed by atoms with Crippen molar-refractivity contribution in [3.63, 3.8) is 0 Å². The number of anilines is 1. The second-order valence-corrected chi connectivity index (χ2v) is 6.09. The van der Waals surface area contributed by atoms with Crippen LogP contribution >= 0.6 is 12.2 Å². The fourth-order valence-corrected chi connectivity index (χ4v) is 2.41. The molecule has 0 spiro atoms. The van der Waals surface area contributed by atoms with E-state index >= 15 is 0 Å². The van der Waals surface area contributed by atoms with Gasteiger partial charge < -0.3 is 10.1 Å². The molecule has 2 N–H and O–H groups in total. The Morgan fingerprint density at radius 3 is 2.42 bits per heavy atom. The number of aryl methyl sites for hydroxylation is 1. The van der Waals surface area contributed by atoms with Crippen LogP contribution in [0.4, 0.5) is 5.69 Å². The maximum Gasteiger partial charge on any atom is 0.191 e. The Morgan fingerprint density at radius 1 is 0.923 bits per heavy atom. The maximum atomic E-state index is 5.81. The predicted octanol–water partition coefficient (Wildman–Crippen LogP) is 5.11. The Balaban J connectivity index is 1.55. The number of hydrogen-bond donors (Lipinski definition) is 2. The topological polar surface area (TPSA) is 45.7 Å². The number of hydrogen-bond acceptors (Lipinski definition) is 3. The fourth-order valence-electron chi connectivity index (χ4n) is 2.24. The first kappa shape index (κ1) is 17.6. The molecule has 5 heteroatoms. The third kappa shape index (κ3) is 5.43. The normalized spacial score (nSPS) is 10.5. The molecule has 0 bridgehead atoms. The zero-order chi connectivity index (χ0) is 18.2. The van der Waals surface area contributed by atoms with Crippen LogP contribution in [0.3, 0.4) is 0 Å². The Hall–Kier alpha value is -3.18. The third-order valence-corrected chi connectivity index (χ3v) is 3.72. The van der Waals surface area contributed by atoms with Crippen molar-refractivity contribution < 1.29 is 4.74 Å². The monoisotopic (exact) mass is 361 g/mol. The minimum Gasteiger partial charge on any atom is -0.457 e. The summed E-state index contributed by atoms with van der Waals surface area (Å²) in [6.45, 7) is 2.04. The molecule has 4 nitrogen and oxygen atoms in total. The van der Waals surface area contributed by atoms with Crippen LogP contribution in [0.2, 0.25) is 0 Å². The summed E-state index contributed by atoms with van der Waals surface area (Å²) in [4.78, 5) is 0. The van der Waals surface area contributed by atoms with Crippen molar-refractivity contribution in [2.24, 2.45) is 5.10 Å². The van der Waals surface area contributed by atoms with Crippen molar-refractivity contribution in [2.75, 3.05) is 5.32 Å². The molecule has 0 amide bonds. The van der Waals surface area contributed by atoms with Crippen LogP contribution in [-0.2, 0) is 0 Å². The molecular formula is C21H19N3OS. The number of rotatable bonds is 5. The number of thiocarbonyl (C=S) groups is 1. The molecule has 0 aliphatic carbocycles. The number of nitrogens with one attached hydrogen (secondary N) is 2. The van der Waals surface area contributed by atoms with Gasteiger partial charge in [-0.2, -0.15) is 5.10 Å². The van der Waals surface area contributed by atoms with Crippen LogP contribution in [0.25, 0.3) is 0 Å². The highest BCUT2D eigenvalue weighted by molar-refractivity contribution is 7.80. The lowest BCUT2D eigenvalue weighted by Crippen LogP contribution is -2.23. The van der Waals surface area contributed by atoms with Gasteiger partial charge >= 0.3 is 0 Å². The SMILES string of the molecule is Cc1ccc(NC(=S)NN=Cc2cccc(Oc3ccccc3)c2)cc1. The number of hydrazone groups is 1. The number of para-hydroxylation sites is 1. The van der Waals surface area contributed by atoms with Crippen LogP contribution in [0.15, 0.2) is 84.0 Å². The molecule has 0 atom stereocenters. The van der Waals surface area contributed by atoms with Crippen molar-refractivity contribution in [3.8, 4) is 11.5 Å². The third-order valence-electron chi connectivity index (χ3n) is 3.53. The highest BCUT2D eigenvalue weighted by Crippen LogP contribution is 2.21. The minimum absolute atomic E-state index is 0.432. The summed E-state index contributed by atoms with van der Waals surface area (Å²) in [6.07, 6.45) is 1.70. The van der Waals surface area contributed by atoms with Gasteiger partial charge in [0.1, 0.15) is 11.5 Å². The van der Waals surface area contributed by atoms with Gasteiger partial charge in [-0.05, 0) is 61.1 Å². The summed E-state index contributed by atoms with van der Waals surface area (Å²) in [5, 5.41) is 7.68. The molecule has 0 aromatic heterocycles. The van der Waals surface area contributed by atoms with Crippen LogP contribution in [0.5, 0.6) is 11.5 Å². The molecule has 0 fully saturated rings. The molecule has 0 radical (unpaired) electrons. The summed E-state index contributed by atoms with van der Waals surface area (Å²) in [5.41, 5.74) is 5.84. The van der Waals surface area contributed by atoms with E-state index in [4.69, 9.17) is 17.0 Å². The van der Waals surface area contributed by atoms with Gasteiger partial charge in [-0.3, -0.25) is 5.43 Å². The van der Waals surface area contributed by atoms with Gasteiger partial charge in [0.2, 0.25) is 0 Å². The highest BCUT2D eigenvalue weighted by Gasteiger charge is 1.98. The van der Waals surface area contributed by atoms with E-state index < -0.39 is 0 Å². The predicted molar refractivity (Wildman–Crippen MR) is 111 cm³/mol. The molecule has 0 aliphatic heterocycles. The fraction of sp³-hybridized carbons (Fsp3) is 0.0476. The smallest absolute Gasteiger partial charge is 0.191 e. The van der Waals surface area contributed by atoms with Gasteiger partial charge in [-0.25, -0.2) is 0 Å². The second kappa shape index (κ2) is 8.78. The molecule has 130 valence electrons. The van der Waals surface area contributed by atoms with Crippen molar-refractivity contribution >= 4 is 29.2 Å². The van der Waals surface area contributed by atoms with Crippen LogP contribution in [0, 0.1) is 6.92 Å². The number of nitrogens with zero attached hydrogens (tertiary/aromatic N) is 1. The molecule has 3 aromatic rings. The Bertz CT molecular complexity index is 893. The van der Waals surface area contributed by atoms with E-state index in [1.165, 1.54) is 5.56 Å². The van der Waals surface area contributed by atoms with E-state index in [0.29, 0.717) is 5.11 Å². The Labute approximate surface area is 158 Å². The van der Waals surface area contributed by atoms with E-state index in [1.54, 1.807) is 6.21 Å². The first-order valence-corrected chi connectivity index (χ1v) is 8.59. The van der Waals surface area contributed by atoms with Crippen LogP contribution in [0.1, 0.15) is 11.1 Å². The Kier molecular flexibility index (Phi) is 5.96. The van der Waals surface area contributed by atoms with Crippen molar-refractivity contribution in [1.82, 2.24) is 5.43 Å². The molecule has 0 heterocycles. The van der Waals surface area contributed by atoms with Crippen molar-refractivity contribution in [1.29, 1.82) is 0 Å². The van der Waals surface area contributed by atoms with Gasteiger partial charge in [0.25, 0.3) is 0 Å². The molecule has 3 rings (SSSR count). The summed E-state index contributed by atoms with van der Waals surface area (Å²) in [7, 11) is 0. The minimum atomic E-state index is 0.432. The van der Waals surface area contributed by atoms with Gasteiger partial charge in [0.15, 0.2) is 5.11 Å². The van der Waals surface area contributed by atoms with Gasteiger partial charge in [-0.1, -0.05) is 48.0 Å². The molecule has 0 saturated carbocycles. The van der Waals surface area contributed by atoms with Crippen molar-refractivity contribution in [2.45, 2.75) is 6.92 Å². The van der Waals surface area contributed by atoms with E-state index in [2.05, 4.69) is 15.8 Å². The average Bonchev–Trinajstić information content (AvgIpc) is 2.65. The summed E-state index contributed by atoms with van der Waals surface area (Å²) in [6, 6.07) is 25.3. The lowest BCUT2D eigenvalue weighted by molar-refractivity contribution is 0.482. The van der Waals surface area contributed by atoms with E-state index in [1.807, 2.05) is 85.8 Å². The van der Waals surface area contributed by atoms with Crippen LogP contribution < -0.4 is 15.5 Å². The zero-order valence-corrected chi connectivity index (χ0v) is 15.2. The van der Waals surface area contributed by atoms with Gasteiger partial charge in [0, 0.05) is 5.69 Å². The molecule has 0 unspecified atom stereocenters. The Morgan fingerprint density at radius 2 is 1.65 bits per heavy atom.